The van der Waals surface area contributed by atoms with Crippen molar-refractivity contribution < 1.29 is 18.0 Å². The summed E-state index contributed by atoms with van der Waals surface area (Å²) in [4.78, 5) is 20.5. The number of alkyl halides is 3. The van der Waals surface area contributed by atoms with Crippen LogP contribution in [0.15, 0.2) is 24.5 Å². The molecule has 0 aromatic carbocycles. The maximum atomic E-state index is 13.2. The van der Waals surface area contributed by atoms with E-state index in [0.29, 0.717) is 54.3 Å². The summed E-state index contributed by atoms with van der Waals surface area (Å²) < 4.78 is 38.2. The van der Waals surface area contributed by atoms with E-state index in [2.05, 4.69) is 30.7 Å². The van der Waals surface area contributed by atoms with Gasteiger partial charge >= 0.3 is 6.18 Å². The maximum Gasteiger partial charge on any atom is 0.445 e. The predicted octanol–water partition coefficient (Wildman–Crippen LogP) is 2.56. The van der Waals surface area contributed by atoms with Gasteiger partial charge in [0.2, 0.25) is 10.1 Å². The van der Waals surface area contributed by atoms with Crippen molar-refractivity contribution in [1.82, 2.24) is 35.1 Å². The number of hydrogen-bond acceptors (Lipinski definition) is 8. The molecule has 1 amide bonds. The quantitative estimate of drug-likeness (QED) is 0.668. The van der Waals surface area contributed by atoms with Gasteiger partial charge in [-0.05, 0) is 31.9 Å². The molecule has 13 heteroatoms. The van der Waals surface area contributed by atoms with Crippen LogP contribution in [0.4, 0.5) is 18.3 Å². The number of likely N-dealkylation sites (tertiary alicyclic amines) is 1. The van der Waals surface area contributed by atoms with Crippen molar-refractivity contribution in [2.45, 2.75) is 32.0 Å². The molecule has 1 N–H and O–H groups in total. The van der Waals surface area contributed by atoms with Crippen LogP contribution in [0.3, 0.4) is 0 Å². The van der Waals surface area contributed by atoms with Gasteiger partial charge in [0.05, 0.1) is 18.0 Å². The Morgan fingerprint density at radius 1 is 1.23 bits per heavy atom. The molecular weight excluding hydrogens is 421 g/mol. The molecule has 1 aliphatic heterocycles. The summed E-state index contributed by atoms with van der Waals surface area (Å²) in [5.74, 6) is 0.0913. The first-order valence-electron chi connectivity index (χ1n) is 9.12. The summed E-state index contributed by atoms with van der Waals surface area (Å²) >= 11 is 0.450. The van der Waals surface area contributed by atoms with Crippen LogP contribution in [-0.4, -0.2) is 60.1 Å². The summed E-state index contributed by atoms with van der Waals surface area (Å²) in [6, 6.07) is 3.18. The highest BCUT2D eigenvalue weighted by molar-refractivity contribution is 7.15. The second-order valence-corrected chi connectivity index (χ2v) is 7.76. The number of rotatable bonds is 4. The number of aryl methyl sites for hydroxylation is 1. The molecular formula is C17H17F3N8OS. The Bertz CT molecular complexity index is 1040. The number of pyridine rings is 1. The highest BCUT2D eigenvalue weighted by Gasteiger charge is 2.36. The van der Waals surface area contributed by atoms with Crippen molar-refractivity contribution in [3.8, 4) is 5.82 Å². The minimum absolute atomic E-state index is 0.0834. The standard InChI is InChI=1S/C17H17F3N8OS/c1-10-4-5-12(13(23-10)28-21-6-7-22-28)14(29)27-8-2-3-11(9-27)24-16-26-25-15(30-16)17(18,19)20/h4-7,11H,2-3,8-9H2,1H3,(H,24,26)/t11-/m1/s1. The lowest BCUT2D eigenvalue weighted by Crippen LogP contribution is -2.45. The van der Waals surface area contributed by atoms with Crippen molar-refractivity contribution in [2.24, 2.45) is 0 Å². The molecule has 30 heavy (non-hydrogen) atoms. The third-order valence-corrected chi connectivity index (χ3v) is 5.46. The maximum absolute atomic E-state index is 13.2. The van der Waals surface area contributed by atoms with Crippen LogP contribution in [0.1, 0.15) is 33.9 Å². The van der Waals surface area contributed by atoms with Gasteiger partial charge in [-0.25, -0.2) is 4.98 Å². The number of carbonyl (C=O) groups excluding carboxylic acids is 1. The molecule has 4 rings (SSSR count). The minimum atomic E-state index is -4.53. The van der Waals surface area contributed by atoms with Crippen LogP contribution in [0.2, 0.25) is 0 Å². The number of nitrogens with one attached hydrogen (secondary N) is 1. The van der Waals surface area contributed by atoms with Crippen LogP contribution in [0.5, 0.6) is 0 Å². The van der Waals surface area contributed by atoms with Gasteiger partial charge in [-0.3, -0.25) is 4.79 Å². The van der Waals surface area contributed by atoms with Gasteiger partial charge in [-0.15, -0.1) is 15.0 Å². The molecule has 3 aromatic rings. The van der Waals surface area contributed by atoms with Crippen LogP contribution < -0.4 is 5.32 Å². The van der Waals surface area contributed by atoms with Gasteiger partial charge in [0, 0.05) is 24.8 Å². The number of nitrogens with zero attached hydrogens (tertiary/aromatic N) is 7. The molecule has 0 unspecified atom stereocenters. The zero-order valence-corrected chi connectivity index (χ0v) is 16.6. The number of piperidine rings is 1. The van der Waals surface area contributed by atoms with E-state index in [1.165, 1.54) is 17.2 Å². The number of hydrogen-bond donors (Lipinski definition) is 1. The first-order valence-corrected chi connectivity index (χ1v) is 9.94. The SMILES string of the molecule is Cc1ccc(C(=O)N2CCC[C@@H](Nc3nnc(C(F)(F)F)s3)C2)c(-n2nccn2)n1. The predicted molar refractivity (Wildman–Crippen MR) is 101 cm³/mol. The first kappa shape index (κ1) is 20.2. The summed E-state index contributed by atoms with van der Waals surface area (Å²) in [6.07, 6.45) is -0.137. The van der Waals surface area contributed by atoms with Crippen LogP contribution in [-0.2, 0) is 6.18 Å². The second-order valence-electron chi connectivity index (χ2n) is 6.79. The Kier molecular flexibility index (Phi) is 5.37. The van der Waals surface area contributed by atoms with Gasteiger partial charge in [-0.2, -0.15) is 23.4 Å². The Balaban J connectivity index is 1.50. The monoisotopic (exact) mass is 438 g/mol. The van der Waals surface area contributed by atoms with Crippen LogP contribution in [0.25, 0.3) is 5.82 Å². The summed E-state index contributed by atoms with van der Waals surface area (Å²) in [6.45, 7) is 2.65. The lowest BCUT2D eigenvalue weighted by atomic mass is 10.0. The molecule has 1 fully saturated rings. The average molecular weight is 438 g/mol. The lowest BCUT2D eigenvalue weighted by Gasteiger charge is -2.33. The molecule has 4 heterocycles. The number of anilines is 1. The lowest BCUT2D eigenvalue weighted by molar-refractivity contribution is -0.138. The third kappa shape index (κ3) is 4.25. The molecule has 1 atom stereocenters. The zero-order chi connectivity index (χ0) is 21.3. The van der Waals surface area contributed by atoms with Crippen molar-refractivity contribution >= 4 is 22.4 Å². The van der Waals surface area contributed by atoms with Crippen LogP contribution >= 0.6 is 11.3 Å². The van der Waals surface area contributed by atoms with E-state index < -0.39 is 11.2 Å². The van der Waals surface area contributed by atoms with Crippen molar-refractivity contribution in [1.29, 1.82) is 0 Å². The van der Waals surface area contributed by atoms with Gasteiger partial charge in [-0.1, -0.05) is 11.3 Å². The molecule has 1 saturated heterocycles. The minimum Gasteiger partial charge on any atom is -0.356 e. The first-order chi connectivity index (χ1) is 14.3. The van der Waals surface area contributed by atoms with E-state index >= 15 is 0 Å². The van der Waals surface area contributed by atoms with E-state index in [0.717, 1.165) is 0 Å². The Labute approximate surface area is 172 Å². The topological polar surface area (TPSA) is 102 Å². The number of aromatic nitrogens is 6. The Morgan fingerprint density at radius 2 is 2.00 bits per heavy atom. The van der Waals surface area contributed by atoms with Crippen molar-refractivity contribution in [3.05, 3.63) is 40.8 Å². The third-order valence-electron chi connectivity index (χ3n) is 4.56. The Morgan fingerprint density at radius 3 is 2.70 bits per heavy atom. The molecule has 0 spiro atoms. The fourth-order valence-electron chi connectivity index (χ4n) is 3.21. The zero-order valence-electron chi connectivity index (χ0n) is 15.8. The molecule has 0 saturated carbocycles. The smallest absolute Gasteiger partial charge is 0.356 e. The van der Waals surface area contributed by atoms with Gasteiger partial charge in [0.15, 0.2) is 5.82 Å². The average Bonchev–Trinajstić information content (AvgIpc) is 3.39. The largest absolute Gasteiger partial charge is 0.445 e. The number of amides is 1. The molecule has 0 radical (unpaired) electrons. The van der Waals surface area contributed by atoms with E-state index in [1.807, 2.05) is 0 Å². The normalized spacial score (nSPS) is 17.2. The second kappa shape index (κ2) is 7.97. The van der Waals surface area contributed by atoms with Gasteiger partial charge in [0.25, 0.3) is 5.91 Å². The van der Waals surface area contributed by atoms with Gasteiger partial charge in [0.1, 0.15) is 0 Å². The molecule has 9 nitrogen and oxygen atoms in total. The fourth-order valence-corrected chi connectivity index (χ4v) is 3.90. The summed E-state index contributed by atoms with van der Waals surface area (Å²) in [5, 5.41) is 16.9. The van der Waals surface area contributed by atoms with Crippen LogP contribution in [0, 0.1) is 6.92 Å². The summed E-state index contributed by atoms with van der Waals surface area (Å²) in [5.41, 5.74) is 1.07. The molecule has 0 bridgehead atoms. The molecule has 1 aliphatic rings. The summed E-state index contributed by atoms with van der Waals surface area (Å²) in [7, 11) is 0. The Hall–Kier alpha value is -3.09. The van der Waals surface area contributed by atoms with Crippen molar-refractivity contribution in [3.63, 3.8) is 0 Å². The fraction of sp³-hybridized carbons (Fsp3) is 0.412. The highest BCUT2D eigenvalue weighted by atomic mass is 32.1. The van der Waals surface area contributed by atoms with E-state index in [-0.39, 0.29) is 17.1 Å². The van der Waals surface area contributed by atoms with E-state index in [9.17, 15) is 18.0 Å². The number of carbonyl (C=O) groups is 1. The van der Waals surface area contributed by atoms with E-state index in [4.69, 9.17) is 0 Å². The van der Waals surface area contributed by atoms with E-state index in [1.54, 1.807) is 24.0 Å². The highest BCUT2D eigenvalue weighted by Crippen LogP contribution is 2.33. The molecule has 0 aliphatic carbocycles. The van der Waals surface area contributed by atoms with Crippen molar-refractivity contribution in [2.75, 3.05) is 18.4 Å². The van der Waals surface area contributed by atoms with Gasteiger partial charge < -0.3 is 10.2 Å². The molecule has 158 valence electrons. The molecule has 3 aromatic heterocycles. The number of halogens is 3.